The maximum atomic E-state index is 13.2. The molecule has 9 heteroatoms. The third kappa shape index (κ3) is 4.88. The standard InChI is InChI=1S/C29H33N7O2/c1-2-38-25-7-5-6-22(18-25)20-36-28-26(19-32-36)27(30-21-31-28)34-14-16-35(17-15-34)29(37)23-8-10-24(11-9-23)33-12-3-4-13-33/h5-11,18-19,21H,2-4,12-17,20H2,1H3. The number of hydrogen-bond donors (Lipinski definition) is 0. The molecule has 0 aliphatic carbocycles. The van der Waals surface area contributed by atoms with E-state index in [4.69, 9.17) is 4.74 Å². The lowest BCUT2D eigenvalue weighted by atomic mass is 10.1. The van der Waals surface area contributed by atoms with E-state index in [1.807, 2.05) is 53.0 Å². The molecular formula is C29H33N7O2. The molecule has 0 radical (unpaired) electrons. The van der Waals surface area contributed by atoms with Gasteiger partial charge in [0.25, 0.3) is 5.91 Å². The predicted octanol–water partition coefficient (Wildman–Crippen LogP) is 3.84. The summed E-state index contributed by atoms with van der Waals surface area (Å²) in [4.78, 5) is 28.9. The molecule has 2 saturated heterocycles. The van der Waals surface area contributed by atoms with E-state index < -0.39 is 0 Å². The van der Waals surface area contributed by atoms with Crippen molar-refractivity contribution in [1.29, 1.82) is 0 Å². The highest BCUT2D eigenvalue weighted by atomic mass is 16.5. The van der Waals surface area contributed by atoms with Gasteiger partial charge in [-0.3, -0.25) is 4.79 Å². The third-order valence-corrected chi connectivity index (χ3v) is 7.41. The van der Waals surface area contributed by atoms with Gasteiger partial charge in [0.05, 0.1) is 24.7 Å². The van der Waals surface area contributed by atoms with Crippen LogP contribution < -0.4 is 14.5 Å². The zero-order chi connectivity index (χ0) is 25.9. The minimum absolute atomic E-state index is 0.0903. The first-order valence-corrected chi connectivity index (χ1v) is 13.5. The number of benzene rings is 2. The van der Waals surface area contributed by atoms with Gasteiger partial charge in [-0.15, -0.1) is 0 Å². The molecule has 6 rings (SSSR count). The molecule has 0 unspecified atom stereocenters. The van der Waals surface area contributed by atoms with Gasteiger partial charge in [0.1, 0.15) is 17.9 Å². The molecule has 4 heterocycles. The van der Waals surface area contributed by atoms with Crippen LogP contribution in [0, 0.1) is 0 Å². The van der Waals surface area contributed by atoms with Crippen LogP contribution in [0.4, 0.5) is 11.5 Å². The van der Waals surface area contributed by atoms with Crippen molar-refractivity contribution in [2.24, 2.45) is 0 Å². The van der Waals surface area contributed by atoms with Crippen LogP contribution in [-0.4, -0.2) is 76.4 Å². The summed E-state index contributed by atoms with van der Waals surface area (Å²) in [5.41, 5.74) is 3.86. The molecule has 2 fully saturated rings. The Balaban J connectivity index is 1.12. The molecule has 0 saturated carbocycles. The number of ether oxygens (including phenoxy) is 1. The summed E-state index contributed by atoms with van der Waals surface area (Å²) in [7, 11) is 0. The second kappa shape index (κ2) is 10.7. The summed E-state index contributed by atoms with van der Waals surface area (Å²) in [5, 5.41) is 5.54. The van der Waals surface area contributed by atoms with Gasteiger partial charge < -0.3 is 19.4 Å². The van der Waals surface area contributed by atoms with Gasteiger partial charge >= 0.3 is 0 Å². The molecule has 1 amide bonds. The maximum absolute atomic E-state index is 13.2. The molecule has 0 bridgehead atoms. The summed E-state index contributed by atoms with van der Waals surface area (Å²) in [6, 6.07) is 16.2. The molecule has 0 N–H and O–H groups in total. The van der Waals surface area contributed by atoms with Crippen molar-refractivity contribution in [2.75, 3.05) is 55.7 Å². The number of carbonyl (C=O) groups excluding carboxylic acids is 1. The smallest absolute Gasteiger partial charge is 0.253 e. The Morgan fingerprint density at radius 1 is 0.921 bits per heavy atom. The molecule has 196 valence electrons. The van der Waals surface area contributed by atoms with Crippen LogP contribution >= 0.6 is 0 Å². The number of rotatable bonds is 7. The second-order valence-corrected chi connectivity index (χ2v) is 9.84. The van der Waals surface area contributed by atoms with Crippen molar-refractivity contribution in [3.05, 3.63) is 72.2 Å². The van der Waals surface area contributed by atoms with Gasteiger partial charge in [0.15, 0.2) is 5.65 Å². The lowest BCUT2D eigenvalue weighted by molar-refractivity contribution is 0.0746. The number of hydrogen-bond acceptors (Lipinski definition) is 7. The molecule has 0 spiro atoms. The zero-order valence-corrected chi connectivity index (χ0v) is 21.8. The summed E-state index contributed by atoms with van der Waals surface area (Å²) in [6.45, 7) is 8.14. The van der Waals surface area contributed by atoms with Crippen molar-refractivity contribution in [3.63, 3.8) is 0 Å². The Morgan fingerprint density at radius 2 is 1.71 bits per heavy atom. The van der Waals surface area contributed by atoms with Gasteiger partial charge in [-0.2, -0.15) is 5.10 Å². The third-order valence-electron chi connectivity index (χ3n) is 7.41. The van der Waals surface area contributed by atoms with E-state index in [9.17, 15) is 4.79 Å². The number of nitrogens with zero attached hydrogens (tertiary/aromatic N) is 7. The Morgan fingerprint density at radius 3 is 2.47 bits per heavy atom. The van der Waals surface area contributed by atoms with E-state index in [0.717, 1.165) is 46.8 Å². The minimum Gasteiger partial charge on any atom is -0.494 e. The Labute approximate surface area is 222 Å². The van der Waals surface area contributed by atoms with Gasteiger partial charge in [0, 0.05) is 50.5 Å². The second-order valence-electron chi connectivity index (χ2n) is 9.84. The highest BCUT2D eigenvalue weighted by Crippen LogP contribution is 2.26. The lowest BCUT2D eigenvalue weighted by Crippen LogP contribution is -2.49. The van der Waals surface area contributed by atoms with Gasteiger partial charge in [-0.25, -0.2) is 14.6 Å². The van der Waals surface area contributed by atoms with Crippen LogP contribution in [0.3, 0.4) is 0 Å². The largest absolute Gasteiger partial charge is 0.494 e. The van der Waals surface area contributed by atoms with Crippen LogP contribution in [0.2, 0.25) is 0 Å². The van der Waals surface area contributed by atoms with Crippen LogP contribution in [0.1, 0.15) is 35.7 Å². The maximum Gasteiger partial charge on any atom is 0.253 e. The number of amides is 1. The van der Waals surface area contributed by atoms with E-state index in [1.54, 1.807) is 6.33 Å². The predicted molar refractivity (Wildman–Crippen MR) is 148 cm³/mol. The zero-order valence-electron chi connectivity index (χ0n) is 21.8. The van der Waals surface area contributed by atoms with Crippen LogP contribution in [0.5, 0.6) is 5.75 Å². The molecule has 2 aliphatic heterocycles. The van der Waals surface area contributed by atoms with Crippen molar-refractivity contribution in [2.45, 2.75) is 26.3 Å². The van der Waals surface area contributed by atoms with Crippen molar-refractivity contribution < 1.29 is 9.53 Å². The first-order chi connectivity index (χ1) is 18.7. The van der Waals surface area contributed by atoms with E-state index >= 15 is 0 Å². The van der Waals surface area contributed by atoms with Gasteiger partial charge in [-0.1, -0.05) is 12.1 Å². The lowest BCUT2D eigenvalue weighted by Gasteiger charge is -2.35. The quantitative estimate of drug-likeness (QED) is 0.373. The highest BCUT2D eigenvalue weighted by molar-refractivity contribution is 5.95. The van der Waals surface area contributed by atoms with E-state index in [-0.39, 0.29) is 5.91 Å². The SMILES string of the molecule is CCOc1cccc(Cn2ncc3c(N4CCN(C(=O)c5ccc(N6CCCC6)cc5)CC4)ncnc32)c1. The first-order valence-electron chi connectivity index (χ1n) is 13.5. The summed E-state index contributed by atoms with van der Waals surface area (Å²) in [6.07, 6.45) is 5.93. The number of carbonyl (C=O) groups is 1. The minimum atomic E-state index is 0.0903. The van der Waals surface area contributed by atoms with Crippen LogP contribution in [0.25, 0.3) is 11.0 Å². The van der Waals surface area contributed by atoms with Crippen molar-refractivity contribution in [1.82, 2.24) is 24.6 Å². The average molecular weight is 512 g/mol. The van der Waals surface area contributed by atoms with Crippen molar-refractivity contribution in [3.8, 4) is 5.75 Å². The van der Waals surface area contributed by atoms with Crippen LogP contribution in [-0.2, 0) is 6.54 Å². The normalized spacial score (nSPS) is 15.9. The van der Waals surface area contributed by atoms with Gasteiger partial charge in [0.2, 0.25) is 0 Å². The molecule has 2 aromatic heterocycles. The molecule has 4 aromatic rings. The Bertz CT molecular complexity index is 1400. The Hall–Kier alpha value is -4.14. The summed E-state index contributed by atoms with van der Waals surface area (Å²) >= 11 is 0. The fourth-order valence-corrected chi connectivity index (χ4v) is 5.42. The molecular weight excluding hydrogens is 478 g/mol. The number of anilines is 2. The van der Waals surface area contributed by atoms with Crippen molar-refractivity contribution >= 4 is 28.4 Å². The van der Waals surface area contributed by atoms with Crippen LogP contribution in [0.15, 0.2) is 61.1 Å². The first kappa shape index (κ1) is 24.2. The van der Waals surface area contributed by atoms with Gasteiger partial charge in [-0.05, 0) is 61.7 Å². The highest BCUT2D eigenvalue weighted by Gasteiger charge is 2.25. The molecule has 2 aromatic carbocycles. The number of aromatic nitrogens is 4. The monoisotopic (exact) mass is 511 g/mol. The molecule has 38 heavy (non-hydrogen) atoms. The fourth-order valence-electron chi connectivity index (χ4n) is 5.42. The van der Waals surface area contributed by atoms with E-state index in [0.29, 0.717) is 39.3 Å². The average Bonchev–Trinajstić information content (AvgIpc) is 3.64. The summed E-state index contributed by atoms with van der Waals surface area (Å²) in [5.74, 6) is 1.81. The topological polar surface area (TPSA) is 79.6 Å². The molecule has 2 aliphatic rings. The van der Waals surface area contributed by atoms with E-state index in [2.05, 4.69) is 43.1 Å². The Kier molecular flexibility index (Phi) is 6.81. The summed E-state index contributed by atoms with van der Waals surface area (Å²) < 4.78 is 7.54. The number of fused-ring (bicyclic) bond motifs is 1. The fraction of sp³-hybridized carbons (Fsp3) is 0.379. The molecule has 9 nitrogen and oxygen atoms in total. The number of piperazine rings is 1. The van der Waals surface area contributed by atoms with E-state index in [1.165, 1.54) is 18.5 Å². The molecule has 0 atom stereocenters.